The second-order valence-electron chi connectivity index (χ2n) is 8.14. The number of carbonyl (C=O) groups is 1. The highest BCUT2D eigenvalue weighted by atomic mass is 32.2. The van der Waals surface area contributed by atoms with Crippen LogP contribution in [0.2, 0.25) is 0 Å². The highest BCUT2D eigenvalue weighted by Gasteiger charge is 2.39. The van der Waals surface area contributed by atoms with Crippen molar-refractivity contribution in [3.8, 4) is 5.75 Å². The number of nitrogens with one attached hydrogen (secondary N) is 1. The van der Waals surface area contributed by atoms with Crippen LogP contribution >= 0.6 is 23.1 Å². The molecule has 0 fully saturated rings. The Morgan fingerprint density at radius 1 is 1.03 bits per heavy atom. The fourth-order valence-corrected chi connectivity index (χ4v) is 7.00. The maximum Gasteiger partial charge on any atom is 0.308 e. The standard InChI is InChI=1S/C27H24N2O3S2/c1-32-21-14-8-11-19(15-21)23-22(25(30)28-20-12-6-3-7-13-20)17-33-26-24(23)34-27(31)29(26)16-18-9-4-2-5-10-18/h2-15,22-23H,16-17H2,1H3,(H,28,30). The lowest BCUT2D eigenvalue weighted by molar-refractivity contribution is -0.119. The Morgan fingerprint density at radius 3 is 2.50 bits per heavy atom. The van der Waals surface area contributed by atoms with Gasteiger partial charge in [0.05, 0.1) is 24.6 Å². The number of para-hydroxylation sites is 1. The van der Waals surface area contributed by atoms with E-state index in [0.717, 1.165) is 32.5 Å². The molecule has 0 radical (unpaired) electrons. The van der Waals surface area contributed by atoms with Gasteiger partial charge in [-0.3, -0.25) is 14.2 Å². The summed E-state index contributed by atoms with van der Waals surface area (Å²) in [5, 5.41) is 4.02. The van der Waals surface area contributed by atoms with Gasteiger partial charge in [-0.25, -0.2) is 0 Å². The van der Waals surface area contributed by atoms with Gasteiger partial charge in [-0.05, 0) is 35.4 Å². The zero-order valence-electron chi connectivity index (χ0n) is 18.6. The first-order valence-corrected chi connectivity index (χ1v) is 12.8. The van der Waals surface area contributed by atoms with Gasteiger partial charge >= 0.3 is 4.87 Å². The van der Waals surface area contributed by atoms with Crippen LogP contribution in [-0.2, 0) is 11.3 Å². The summed E-state index contributed by atoms with van der Waals surface area (Å²) in [6.45, 7) is 0.518. The molecule has 4 aromatic rings. The van der Waals surface area contributed by atoms with Gasteiger partial charge in [0.15, 0.2) is 0 Å². The number of methoxy groups -OCH3 is 1. The number of thiazole rings is 1. The van der Waals surface area contributed by atoms with Gasteiger partial charge in [0.1, 0.15) is 5.75 Å². The maximum absolute atomic E-state index is 13.5. The zero-order valence-corrected chi connectivity index (χ0v) is 20.3. The maximum atomic E-state index is 13.5. The molecule has 1 aliphatic rings. The van der Waals surface area contributed by atoms with Crippen molar-refractivity contribution < 1.29 is 9.53 Å². The van der Waals surface area contributed by atoms with E-state index in [1.807, 2.05) is 89.5 Å². The van der Waals surface area contributed by atoms with Gasteiger partial charge in [0.2, 0.25) is 5.91 Å². The number of carbonyl (C=O) groups excluding carboxylic acids is 1. The molecule has 172 valence electrons. The topological polar surface area (TPSA) is 60.3 Å². The number of thioether (sulfide) groups is 1. The molecule has 0 aliphatic carbocycles. The minimum Gasteiger partial charge on any atom is -0.497 e. The lowest BCUT2D eigenvalue weighted by Gasteiger charge is -2.31. The Hall–Kier alpha value is -3.29. The summed E-state index contributed by atoms with van der Waals surface area (Å²) in [5.41, 5.74) is 2.82. The van der Waals surface area contributed by atoms with E-state index in [-0.39, 0.29) is 22.6 Å². The fourth-order valence-electron chi connectivity index (χ4n) is 4.31. The van der Waals surface area contributed by atoms with E-state index in [4.69, 9.17) is 4.74 Å². The Balaban J connectivity index is 1.56. The second kappa shape index (κ2) is 9.91. The highest BCUT2D eigenvalue weighted by molar-refractivity contribution is 7.99. The van der Waals surface area contributed by atoms with Crippen LogP contribution in [0.4, 0.5) is 5.69 Å². The minimum atomic E-state index is -0.326. The first-order valence-electron chi connectivity index (χ1n) is 11.0. The highest BCUT2D eigenvalue weighted by Crippen LogP contribution is 2.47. The number of hydrogen-bond acceptors (Lipinski definition) is 5. The van der Waals surface area contributed by atoms with Crippen LogP contribution in [0.1, 0.15) is 21.9 Å². The van der Waals surface area contributed by atoms with E-state index in [1.165, 1.54) is 11.3 Å². The number of benzene rings is 3. The van der Waals surface area contributed by atoms with Crippen LogP contribution in [0.3, 0.4) is 0 Å². The van der Waals surface area contributed by atoms with Gasteiger partial charge < -0.3 is 10.1 Å². The number of rotatable bonds is 6. The zero-order chi connectivity index (χ0) is 23.5. The van der Waals surface area contributed by atoms with Crippen LogP contribution in [0, 0.1) is 5.92 Å². The fraction of sp³-hybridized carbons (Fsp3) is 0.185. The molecule has 1 amide bonds. The first-order chi connectivity index (χ1) is 16.6. The molecule has 0 saturated carbocycles. The van der Waals surface area contributed by atoms with Crippen molar-refractivity contribution in [2.24, 2.45) is 5.92 Å². The summed E-state index contributed by atoms with van der Waals surface area (Å²) >= 11 is 2.84. The van der Waals surface area contributed by atoms with Crippen molar-refractivity contribution in [1.82, 2.24) is 4.57 Å². The molecule has 7 heteroatoms. The predicted octanol–water partition coefficient (Wildman–Crippen LogP) is 5.46. The van der Waals surface area contributed by atoms with Crippen molar-refractivity contribution in [1.29, 1.82) is 0 Å². The lowest BCUT2D eigenvalue weighted by atomic mass is 9.85. The SMILES string of the molecule is COc1cccc(C2c3sc(=O)n(Cc4ccccc4)c3SCC2C(=O)Nc2ccccc2)c1. The van der Waals surface area contributed by atoms with Crippen LogP contribution in [0.5, 0.6) is 5.75 Å². The quantitative estimate of drug-likeness (QED) is 0.392. The Morgan fingerprint density at radius 2 is 1.76 bits per heavy atom. The molecule has 0 saturated heterocycles. The molecule has 3 aromatic carbocycles. The third-order valence-corrected chi connectivity index (χ3v) is 8.40. The number of aromatic nitrogens is 1. The monoisotopic (exact) mass is 488 g/mol. The Labute approximate surface area is 206 Å². The summed E-state index contributed by atoms with van der Waals surface area (Å²) in [6.07, 6.45) is 0. The number of nitrogens with zero attached hydrogens (tertiary/aromatic N) is 1. The van der Waals surface area contributed by atoms with Gasteiger partial charge in [-0.2, -0.15) is 0 Å². The number of anilines is 1. The van der Waals surface area contributed by atoms with Crippen molar-refractivity contribution >= 4 is 34.7 Å². The molecular formula is C27H24N2O3S2. The first kappa shape index (κ1) is 22.5. The van der Waals surface area contributed by atoms with Crippen molar-refractivity contribution in [3.05, 3.63) is 111 Å². The van der Waals surface area contributed by atoms with Crippen LogP contribution in [0.25, 0.3) is 0 Å². The van der Waals surface area contributed by atoms with Crippen molar-refractivity contribution in [2.75, 3.05) is 18.2 Å². The van der Waals surface area contributed by atoms with Gasteiger partial charge in [-0.1, -0.05) is 72.0 Å². The van der Waals surface area contributed by atoms with E-state index in [0.29, 0.717) is 12.3 Å². The van der Waals surface area contributed by atoms with E-state index in [2.05, 4.69) is 5.32 Å². The van der Waals surface area contributed by atoms with Crippen LogP contribution in [0.15, 0.2) is 94.7 Å². The summed E-state index contributed by atoms with van der Waals surface area (Å²) in [6, 6.07) is 27.3. The predicted molar refractivity (Wildman–Crippen MR) is 138 cm³/mol. The number of ether oxygens (including phenoxy) is 1. The normalized spacial score (nSPS) is 17.1. The minimum absolute atomic E-state index is 0.00151. The molecule has 1 N–H and O–H groups in total. The molecule has 1 aromatic heterocycles. The molecule has 5 rings (SSSR count). The molecule has 0 bridgehead atoms. The molecule has 1 aliphatic heterocycles. The number of hydrogen-bond donors (Lipinski definition) is 1. The van der Waals surface area contributed by atoms with E-state index in [9.17, 15) is 9.59 Å². The summed E-state index contributed by atoms with van der Waals surface area (Å²) in [4.78, 5) is 27.5. The lowest BCUT2D eigenvalue weighted by Crippen LogP contribution is -2.33. The average Bonchev–Trinajstić information content (AvgIpc) is 3.19. The summed E-state index contributed by atoms with van der Waals surface area (Å²) in [7, 11) is 1.63. The average molecular weight is 489 g/mol. The molecular weight excluding hydrogens is 464 g/mol. The molecule has 2 unspecified atom stereocenters. The molecule has 34 heavy (non-hydrogen) atoms. The molecule has 2 atom stereocenters. The van der Waals surface area contributed by atoms with Gasteiger partial charge in [0.25, 0.3) is 0 Å². The smallest absolute Gasteiger partial charge is 0.308 e. The van der Waals surface area contributed by atoms with Crippen LogP contribution < -0.4 is 14.9 Å². The van der Waals surface area contributed by atoms with E-state index >= 15 is 0 Å². The molecule has 5 nitrogen and oxygen atoms in total. The summed E-state index contributed by atoms with van der Waals surface area (Å²) in [5.74, 6) is 0.708. The number of fused-ring (bicyclic) bond motifs is 1. The molecule has 2 heterocycles. The summed E-state index contributed by atoms with van der Waals surface area (Å²) < 4.78 is 7.31. The van der Waals surface area contributed by atoms with Crippen molar-refractivity contribution in [2.45, 2.75) is 17.5 Å². The third-order valence-electron chi connectivity index (χ3n) is 5.97. The Bertz CT molecular complexity index is 1350. The van der Waals surface area contributed by atoms with Gasteiger partial charge in [-0.15, -0.1) is 11.8 Å². The van der Waals surface area contributed by atoms with Crippen molar-refractivity contribution in [3.63, 3.8) is 0 Å². The number of amides is 1. The largest absolute Gasteiger partial charge is 0.497 e. The molecule has 0 spiro atoms. The van der Waals surface area contributed by atoms with E-state index < -0.39 is 0 Å². The van der Waals surface area contributed by atoms with Gasteiger partial charge in [0, 0.05) is 22.2 Å². The van der Waals surface area contributed by atoms with E-state index in [1.54, 1.807) is 18.9 Å². The third kappa shape index (κ3) is 4.54. The van der Waals surface area contributed by atoms with Crippen LogP contribution in [-0.4, -0.2) is 23.3 Å². The second-order valence-corrected chi connectivity index (χ2v) is 10.1. The Kier molecular flexibility index (Phi) is 6.56.